The summed E-state index contributed by atoms with van der Waals surface area (Å²) < 4.78 is 9.89. The number of esters is 1. The van der Waals surface area contributed by atoms with E-state index in [9.17, 15) is 14.4 Å². The molecule has 1 aromatic heterocycles. The van der Waals surface area contributed by atoms with Crippen LogP contribution in [0, 0.1) is 0 Å². The molecule has 0 aliphatic carbocycles. The zero-order valence-electron chi connectivity index (χ0n) is 19.6. The summed E-state index contributed by atoms with van der Waals surface area (Å²) in [6.45, 7) is 6.41. The van der Waals surface area contributed by atoms with Gasteiger partial charge >= 0.3 is 12.1 Å². The minimum absolute atomic E-state index is 0.0917. The first-order valence-electron chi connectivity index (χ1n) is 11.2. The first kappa shape index (κ1) is 25.4. The quantitative estimate of drug-likeness (QED) is 0.372. The van der Waals surface area contributed by atoms with E-state index in [0.717, 1.165) is 50.2 Å². The maximum absolute atomic E-state index is 12.1. The Bertz CT molecular complexity index is 791. The predicted octanol–water partition coefficient (Wildman–Crippen LogP) is 2.73. The van der Waals surface area contributed by atoms with E-state index in [-0.39, 0.29) is 18.9 Å². The number of pyridine rings is 1. The van der Waals surface area contributed by atoms with E-state index in [4.69, 9.17) is 9.47 Å². The Kier molecular flexibility index (Phi) is 9.74. The number of aromatic nitrogens is 1. The minimum Gasteiger partial charge on any atom is -0.467 e. The van der Waals surface area contributed by atoms with Gasteiger partial charge in [-0.1, -0.05) is 6.07 Å². The molecular formula is C23H36N4O5. The van der Waals surface area contributed by atoms with E-state index in [1.54, 1.807) is 20.8 Å². The van der Waals surface area contributed by atoms with Gasteiger partial charge in [-0.05, 0) is 70.9 Å². The molecule has 32 heavy (non-hydrogen) atoms. The standard InChI is InChI=1S/C23H36N4O5/c1-23(2,3)32-22(30)27-18(21(29)31-4)13-15-24-19(28)10-6-5-9-17-12-11-16-8-7-14-25-20(16)26-17/h11-12,18H,5-10,13-15H2,1-4H3,(H,24,28)(H,25,26)(H,27,30)/t18-/m0/s1. The Morgan fingerprint density at radius 2 is 2.00 bits per heavy atom. The summed E-state index contributed by atoms with van der Waals surface area (Å²) in [5.74, 6) is 0.315. The summed E-state index contributed by atoms with van der Waals surface area (Å²) in [5.41, 5.74) is 1.63. The number of rotatable bonds is 10. The number of carbonyl (C=O) groups excluding carboxylic acids is 3. The summed E-state index contributed by atoms with van der Waals surface area (Å²) in [5, 5.41) is 8.62. The normalized spacial score (nSPS) is 13.9. The third kappa shape index (κ3) is 9.11. The van der Waals surface area contributed by atoms with Gasteiger partial charge < -0.3 is 25.4 Å². The van der Waals surface area contributed by atoms with Crippen molar-refractivity contribution in [2.45, 2.75) is 77.4 Å². The largest absolute Gasteiger partial charge is 0.467 e. The highest BCUT2D eigenvalue weighted by molar-refractivity contribution is 5.81. The van der Waals surface area contributed by atoms with Crippen LogP contribution in [0.3, 0.4) is 0 Å². The summed E-state index contributed by atoms with van der Waals surface area (Å²) >= 11 is 0. The summed E-state index contributed by atoms with van der Waals surface area (Å²) in [6.07, 6.45) is 4.55. The lowest BCUT2D eigenvalue weighted by atomic mass is 10.1. The number of ether oxygens (including phenoxy) is 2. The van der Waals surface area contributed by atoms with Crippen LogP contribution in [-0.4, -0.2) is 54.8 Å². The highest BCUT2D eigenvalue weighted by atomic mass is 16.6. The van der Waals surface area contributed by atoms with Crippen molar-refractivity contribution in [2.24, 2.45) is 0 Å². The molecule has 1 aliphatic heterocycles. The zero-order chi connectivity index (χ0) is 23.6. The van der Waals surface area contributed by atoms with Gasteiger partial charge in [-0.2, -0.15) is 0 Å². The van der Waals surface area contributed by atoms with E-state index in [1.165, 1.54) is 12.7 Å². The Morgan fingerprint density at radius 3 is 2.72 bits per heavy atom. The monoisotopic (exact) mass is 448 g/mol. The molecule has 0 bridgehead atoms. The van der Waals surface area contributed by atoms with Crippen molar-refractivity contribution >= 4 is 23.8 Å². The van der Waals surface area contributed by atoms with Crippen LogP contribution in [0.2, 0.25) is 0 Å². The second-order valence-corrected chi connectivity index (χ2v) is 8.91. The van der Waals surface area contributed by atoms with Crippen LogP contribution >= 0.6 is 0 Å². The molecule has 0 fully saturated rings. The SMILES string of the molecule is COC(=O)[C@H](CCNC(=O)CCCCc1ccc2c(n1)NCCC2)NC(=O)OC(C)(C)C. The fourth-order valence-electron chi connectivity index (χ4n) is 3.39. The Labute approximate surface area is 190 Å². The lowest BCUT2D eigenvalue weighted by Gasteiger charge is -2.22. The van der Waals surface area contributed by atoms with Gasteiger partial charge in [-0.15, -0.1) is 0 Å². The Hall–Kier alpha value is -2.84. The van der Waals surface area contributed by atoms with Crippen LogP contribution in [-0.2, 0) is 31.9 Å². The van der Waals surface area contributed by atoms with Crippen LogP contribution in [0.4, 0.5) is 10.6 Å². The van der Waals surface area contributed by atoms with Crippen molar-refractivity contribution in [1.29, 1.82) is 0 Å². The number of hydrogen-bond donors (Lipinski definition) is 3. The first-order chi connectivity index (χ1) is 15.2. The number of carbonyl (C=O) groups is 3. The second-order valence-electron chi connectivity index (χ2n) is 8.91. The average Bonchev–Trinajstić information content (AvgIpc) is 2.74. The maximum Gasteiger partial charge on any atom is 0.408 e. The number of aryl methyl sites for hydroxylation is 2. The molecule has 9 heteroatoms. The number of amides is 2. The van der Waals surface area contributed by atoms with Gasteiger partial charge in [0.25, 0.3) is 0 Å². The Balaban J connectivity index is 1.66. The van der Waals surface area contributed by atoms with Gasteiger partial charge in [-0.25, -0.2) is 14.6 Å². The molecule has 0 radical (unpaired) electrons. The van der Waals surface area contributed by atoms with Crippen LogP contribution in [0.1, 0.15) is 64.1 Å². The number of nitrogens with one attached hydrogen (secondary N) is 3. The van der Waals surface area contributed by atoms with Crippen molar-refractivity contribution in [3.63, 3.8) is 0 Å². The third-order valence-electron chi connectivity index (χ3n) is 4.97. The molecule has 0 saturated heterocycles. The summed E-state index contributed by atoms with van der Waals surface area (Å²) in [6, 6.07) is 3.31. The molecule has 1 aliphatic rings. The third-order valence-corrected chi connectivity index (χ3v) is 4.97. The molecule has 1 atom stereocenters. The van der Waals surface area contributed by atoms with Gasteiger partial charge in [0.2, 0.25) is 5.91 Å². The lowest BCUT2D eigenvalue weighted by molar-refractivity contribution is -0.143. The maximum atomic E-state index is 12.1. The highest BCUT2D eigenvalue weighted by Crippen LogP contribution is 2.20. The lowest BCUT2D eigenvalue weighted by Crippen LogP contribution is -2.45. The zero-order valence-corrected chi connectivity index (χ0v) is 19.6. The molecule has 9 nitrogen and oxygen atoms in total. The van der Waals surface area contributed by atoms with E-state index in [2.05, 4.69) is 33.1 Å². The second kappa shape index (κ2) is 12.3. The fraction of sp³-hybridized carbons (Fsp3) is 0.652. The number of methoxy groups -OCH3 is 1. The molecule has 0 spiro atoms. The van der Waals surface area contributed by atoms with Gasteiger partial charge in [0.15, 0.2) is 0 Å². The van der Waals surface area contributed by atoms with E-state index in [1.807, 2.05) is 0 Å². The van der Waals surface area contributed by atoms with Crippen LogP contribution in [0.5, 0.6) is 0 Å². The molecule has 2 heterocycles. The summed E-state index contributed by atoms with van der Waals surface area (Å²) in [4.78, 5) is 40.6. The number of anilines is 1. The number of alkyl carbamates (subject to hydrolysis) is 1. The van der Waals surface area contributed by atoms with E-state index >= 15 is 0 Å². The topological polar surface area (TPSA) is 119 Å². The van der Waals surface area contributed by atoms with Crippen LogP contribution in [0.25, 0.3) is 0 Å². The van der Waals surface area contributed by atoms with Crippen molar-refractivity contribution in [3.05, 3.63) is 23.4 Å². The molecule has 2 amide bonds. The van der Waals surface area contributed by atoms with E-state index < -0.39 is 23.7 Å². The highest BCUT2D eigenvalue weighted by Gasteiger charge is 2.24. The fourth-order valence-corrected chi connectivity index (χ4v) is 3.39. The molecule has 0 aromatic carbocycles. The van der Waals surface area contributed by atoms with Gasteiger partial charge in [0, 0.05) is 25.2 Å². The number of unbranched alkanes of at least 4 members (excludes halogenated alkanes) is 1. The van der Waals surface area contributed by atoms with Crippen LogP contribution in [0.15, 0.2) is 12.1 Å². The predicted molar refractivity (Wildman–Crippen MR) is 121 cm³/mol. The van der Waals surface area contributed by atoms with Crippen molar-refractivity contribution in [2.75, 3.05) is 25.5 Å². The van der Waals surface area contributed by atoms with Gasteiger partial charge in [-0.3, -0.25) is 4.79 Å². The molecular weight excluding hydrogens is 412 g/mol. The van der Waals surface area contributed by atoms with Crippen molar-refractivity contribution < 1.29 is 23.9 Å². The van der Waals surface area contributed by atoms with Gasteiger partial charge in [0.05, 0.1) is 7.11 Å². The van der Waals surface area contributed by atoms with Crippen molar-refractivity contribution in [1.82, 2.24) is 15.6 Å². The molecule has 0 unspecified atom stereocenters. The molecule has 0 saturated carbocycles. The molecule has 1 aromatic rings. The average molecular weight is 449 g/mol. The molecule has 3 N–H and O–H groups in total. The number of hydrogen-bond acceptors (Lipinski definition) is 7. The minimum atomic E-state index is -0.890. The van der Waals surface area contributed by atoms with Crippen molar-refractivity contribution in [3.8, 4) is 0 Å². The number of nitrogens with zero attached hydrogens (tertiary/aromatic N) is 1. The number of fused-ring (bicyclic) bond motifs is 1. The smallest absolute Gasteiger partial charge is 0.408 e. The Morgan fingerprint density at radius 1 is 1.22 bits per heavy atom. The first-order valence-corrected chi connectivity index (χ1v) is 11.2. The van der Waals surface area contributed by atoms with Gasteiger partial charge in [0.1, 0.15) is 17.5 Å². The van der Waals surface area contributed by atoms with Crippen LogP contribution < -0.4 is 16.0 Å². The molecule has 2 rings (SSSR count). The summed E-state index contributed by atoms with van der Waals surface area (Å²) in [7, 11) is 1.25. The van der Waals surface area contributed by atoms with E-state index in [0.29, 0.717) is 6.42 Å². The molecule has 178 valence electrons.